The molecule has 35 heavy (non-hydrogen) atoms. The molecule has 1 saturated heterocycles. The van der Waals surface area contributed by atoms with Crippen molar-refractivity contribution in [1.29, 1.82) is 0 Å². The molecule has 8 nitrogen and oxygen atoms in total. The van der Waals surface area contributed by atoms with Gasteiger partial charge in [0, 0.05) is 6.54 Å². The number of nitrogens with one attached hydrogen (secondary N) is 1. The Bertz CT molecular complexity index is 1170. The molecule has 1 aromatic rings. The maximum absolute atomic E-state index is 15.6. The third-order valence-electron chi connectivity index (χ3n) is 8.91. The molecule has 1 aliphatic heterocycles. The molecule has 0 spiro atoms. The van der Waals surface area contributed by atoms with Gasteiger partial charge in [0.15, 0.2) is 9.84 Å². The van der Waals surface area contributed by atoms with Crippen molar-refractivity contribution >= 4 is 27.5 Å². The number of benzene rings is 1. The summed E-state index contributed by atoms with van der Waals surface area (Å²) in [5.74, 6) is -2.88. The second kappa shape index (κ2) is 7.90. The Morgan fingerprint density at radius 1 is 1.14 bits per heavy atom. The van der Waals surface area contributed by atoms with E-state index in [9.17, 15) is 23.1 Å². The molecule has 2 amide bonds. The zero-order valence-electron chi connectivity index (χ0n) is 20.2. The number of sulfone groups is 1. The molecule has 5 aliphatic rings. The zero-order chi connectivity index (χ0) is 25.4. The number of carboxylic acids is 1. The topological polar surface area (TPSA) is 130 Å². The average molecular weight is 508 g/mol. The molecule has 5 fully saturated rings. The number of carboxylic acid groups (broad SMARTS) is 1. The number of rotatable bonds is 5. The van der Waals surface area contributed by atoms with Gasteiger partial charge in [-0.05, 0) is 80.4 Å². The number of anilines is 1. The first-order valence-electron chi connectivity index (χ1n) is 12.3. The summed E-state index contributed by atoms with van der Waals surface area (Å²) in [5, 5.41) is 11.4. The zero-order valence-corrected chi connectivity index (χ0v) is 21.0. The van der Waals surface area contributed by atoms with E-state index in [-0.39, 0.29) is 34.4 Å². The van der Waals surface area contributed by atoms with Gasteiger partial charge in [0.05, 0.1) is 21.6 Å². The minimum atomic E-state index is -4.30. The van der Waals surface area contributed by atoms with Crippen molar-refractivity contribution in [3.63, 3.8) is 0 Å². The largest absolute Gasteiger partial charge is 0.481 e. The number of para-hydroxylation sites is 1. The summed E-state index contributed by atoms with van der Waals surface area (Å²) < 4.78 is 43.5. The number of primary amides is 1. The highest BCUT2D eigenvalue weighted by molar-refractivity contribution is 7.92. The van der Waals surface area contributed by atoms with Crippen LogP contribution in [0.15, 0.2) is 23.1 Å². The van der Waals surface area contributed by atoms with Gasteiger partial charge in [-0.1, -0.05) is 19.9 Å². The molecule has 0 aromatic heterocycles. The molecule has 4 unspecified atom stereocenters. The van der Waals surface area contributed by atoms with E-state index in [1.807, 2.05) is 0 Å². The Hall–Kier alpha value is -2.20. The highest BCUT2D eigenvalue weighted by atomic mass is 32.2. The Kier molecular flexibility index (Phi) is 5.53. The van der Waals surface area contributed by atoms with E-state index in [0.717, 1.165) is 25.3 Å². The lowest BCUT2D eigenvalue weighted by molar-refractivity contribution is -0.142. The summed E-state index contributed by atoms with van der Waals surface area (Å²) in [5.41, 5.74) is 4.77. The van der Waals surface area contributed by atoms with Crippen LogP contribution >= 0.6 is 0 Å². The van der Waals surface area contributed by atoms with Crippen molar-refractivity contribution in [2.75, 3.05) is 18.0 Å². The molecule has 1 heterocycles. The standard InChI is InChI=1S/C25H34FN3O5S/c1-23-8-15-9-24(2,12-23)14-25(10-15,13-23)29(22(27)32)20-17(26)4-3-5-19(20)35(33,34)18-6-7-28-11-16(18)21(30)31/h3-5,15-16,18,28H,6-14H2,1-2H3,(H2,27,32)(H,30,31). The molecule has 4 saturated carbocycles. The van der Waals surface area contributed by atoms with E-state index in [1.54, 1.807) is 0 Å². The third kappa shape index (κ3) is 3.84. The van der Waals surface area contributed by atoms with E-state index in [1.165, 1.54) is 17.0 Å². The monoisotopic (exact) mass is 507 g/mol. The van der Waals surface area contributed by atoms with E-state index >= 15 is 4.39 Å². The van der Waals surface area contributed by atoms with Crippen LogP contribution in [0.2, 0.25) is 0 Å². The molecule has 4 bridgehead atoms. The number of nitrogens with zero attached hydrogens (tertiary/aromatic N) is 1. The third-order valence-corrected chi connectivity index (χ3v) is 11.2. The number of halogens is 1. The Morgan fingerprint density at radius 2 is 1.80 bits per heavy atom. The van der Waals surface area contributed by atoms with Crippen molar-refractivity contribution in [3.8, 4) is 0 Å². The second-order valence-electron chi connectivity index (χ2n) is 12.1. The van der Waals surface area contributed by atoms with Crippen LogP contribution in [-0.2, 0) is 14.6 Å². The highest BCUT2D eigenvalue weighted by Crippen LogP contribution is 2.68. The van der Waals surface area contributed by atoms with Crippen molar-refractivity contribution in [2.24, 2.45) is 28.4 Å². The quantitative estimate of drug-likeness (QED) is 0.561. The van der Waals surface area contributed by atoms with Gasteiger partial charge >= 0.3 is 12.0 Å². The molecule has 0 radical (unpaired) electrons. The Balaban J connectivity index is 1.66. The van der Waals surface area contributed by atoms with Crippen LogP contribution in [0.3, 0.4) is 0 Å². The number of nitrogens with two attached hydrogens (primary N) is 1. The van der Waals surface area contributed by atoms with Gasteiger partial charge in [-0.2, -0.15) is 0 Å². The Morgan fingerprint density at radius 3 is 2.37 bits per heavy atom. The van der Waals surface area contributed by atoms with Crippen molar-refractivity contribution in [2.45, 2.75) is 74.5 Å². The number of hydrogen-bond acceptors (Lipinski definition) is 5. The summed E-state index contributed by atoms with van der Waals surface area (Å²) in [4.78, 5) is 25.9. The van der Waals surface area contributed by atoms with Gasteiger partial charge in [-0.25, -0.2) is 17.6 Å². The summed E-state index contributed by atoms with van der Waals surface area (Å²) in [6.07, 6.45) is 5.09. The summed E-state index contributed by atoms with van der Waals surface area (Å²) >= 11 is 0. The molecule has 10 heteroatoms. The molecule has 4 atom stereocenters. The lowest BCUT2D eigenvalue weighted by Crippen LogP contribution is -2.67. The van der Waals surface area contributed by atoms with Crippen LogP contribution in [0, 0.1) is 28.5 Å². The second-order valence-corrected chi connectivity index (χ2v) is 14.3. The molecule has 6 rings (SSSR count). The van der Waals surface area contributed by atoms with Crippen LogP contribution in [0.1, 0.15) is 58.8 Å². The predicted molar refractivity (Wildman–Crippen MR) is 128 cm³/mol. The number of aliphatic carboxylic acids is 1. The maximum atomic E-state index is 15.6. The smallest absolute Gasteiger partial charge is 0.319 e. The average Bonchev–Trinajstić information content (AvgIpc) is 2.72. The van der Waals surface area contributed by atoms with Gasteiger partial charge in [-0.15, -0.1) is 0 Å². The number of amides is 2. The lowest BCUT2D eigenvalue weighted by atomic mass is 9.42. The van der Waals surface area contributed by atoms with Crippen molar-refractivity contribution in [1.82, 2.24) is 5.32 Å². The van der Waals surface area contributed by atoms with Crippen molar-refractivity contribution < 1.29 is 27.5 Å². The van der Waals surface area contributed by atoms with E-state index in [2.05, 4.69) is 19.2 Å². The van der Waals surface area contributed by atoms with Crippen LogP contribution < -0.4 is 16.0 Å². The summed E-state index contributed by atoms with van der Waals surface area (Å²) in [7, 11) is -4.30. The number of hydrogen-bond donors (Lipinski definition) is 3. The lowest BCUT2D eigenvalue weighted by Gasteiger charge is -2.67. The van der Waals surface area contributed by atoms with Gasteiger partial charge in [0.25, 0.3) is 0 Å². The highest BCUT2D eigenvalue weighted by Gasteiger charge is 2.63. The van der Waals surface area contributed by atoms with Gasteiger partial charge in [0.2, 0.25) is 0 Å². The summed E-state index contributed by atoms with van der Waals surface area (Å²) in [6, 6.07) is 2.85. The molecule has 4 aliphatic carbocycles. The number of piperidine rings is 1. The first-order chi connectivity index (χ1) is 16.3. The molecular weight excluding hydrogens is 473 g/mol. The van der Waals surface area contributed by atoms with E-state index in [4.69, 9.17) is 5.73 Å². The fourth-order valence-electron chi connectivity index (χ4n) is 8.78. The van der Waals surface area contributed by atoms with Crippen molar-refractivity contribution in [3.05, 3.63) is 24.0 Å². The molecule has 4 N–H and O–H groups in total. The molecule has 192 valence electrons. The van der Waals surface area contributed by atoms with Crippen LogP contribution in [-0.4, -0.2) is 49.4 Å². The normalized spacial score (nSPS) is 38.3. The van der Waals surface area contributed by atoms with Crippen LogP contribution in [0.5, 0.6) is 0 Å². The number of carbonyl (C=O) groups excluding carboxylic acids is 1. The minimum Gasteiger partial charge on any atom is -0.481 e. The first-order valence-corrected chi connectivity index (χ1v) is 13.9. The van der Waals surface area contributed by atoms with Gasteiger partial charge in [0.1, 0.15) is 11.5 Å². The van der Waals surface area contributed by atoms with Gasteiger partial charge < -0.3 is 16.2 Å². The number of carbonyl (C=O) groups is 2. The van der Waals surface area contributed by atoms with Gasteiger partial charge in [-0.3, -0.25) is 9.69 Å². The van der Waals surface area contributed by atoms with E-state index < -0.39 is 44.4 Å². The fraction of sp³-hybridized carbons (Fsp3) is 0.680. The first kappa shape index (κ1) is 24.5. The fourth-order valence-corrected chi connectivity index (χ4v) is 10.9. The Labute approximate surface area is 205 Å². The molecular formula is C25H34FN3O5S. The van der Waals surface area contributed by atoms with Crippen LogP contribution in [0.4, 0.5) is 14.9 Å². The summed E-state index contributed by atoms with van der Waals surface area (Å²) in [6.45, 7) is 4.75. The predicted octanol–water partition coefficient (Wildman–Crippen LogP) is 3.30. The minimum absolute atomic E-state index is 0.00569. The molecule has 1 aromatic carbocycles. The van der Waals surface area contributed by atoms with Crippen LogP contribution in [0.25, 0.3) is 0 Å². The number of urea groups is 1. The van der Waals surface area contributed by atoms with E-state index in [0.29, 0.717) is 31.7 Å². The SMILES string of the molecule is CC12CC3CC(C)(C1)CC(N(C(N)=O)c1c(F)cccc1S(=O)(=O)C1CCNCC1C(=O)O)(C3)C2. The maximum Gasteiger partial charge on any atom is 0.319 e.